The van der Waals surface area contributed by atoms with Crippen LogP contribution in [-0.4, -0.2) is 45.8 Å². The number of carbonyl (C=O) groups is 1. The molecule has 0 saturated carbocycles. The van der Waals surface area contributed by atoms with Crippen LogP contribution in [0.1, 0.15) is 48.1 Å². The number of furan rings is 1. The number of hydrogen-bond acceptors (Lipinski definition) is 6. The van der Waals surface area contributed by atoms with Crippen LogP contribution < -0.4 is 5.32 Å². The zero-order valence-electron chi connectivity index (χ0n) is 18.8. The Kier molecular flexibility index (Phi) is 7.34. The van der Waals surface area contributed by atoms with Gasteiger partial charge in [-0.1, -0.05) is 30.3 Å². The molecule has 1 aliphatic heterocycles. The second kappa shape index (κ2) is 10.6. The summed E-state index contributed by atoms with van der Waals surface area (Å²) < 4.78 is 13.1. The summed E-state index contributed by atoms with van der Waals surface area (Å²) in [4.78, 5) is 14.8. The van der Waals surface area contributed by atoms with Gasteiger partial charge in [-0.3, -0.25) is 9.69 Å². The maximum absolute atomic E-state index is 12.5. The van der Waals surface area contributed by atoms with Crippen LogP contribution in [0.2, 0.25) is 0 Å². The van der Waals surface area contributed by atoms with Gasteiger partial charge in [0.15, 0.2) is 5.82 Å². The third-order valence-electron chi connectivity index (χ3n) is 5.78. The van der Waals surface area contributed by atoms with Gasteiger partial charge in [0.2, 0.25) is 5.91 Å². The Balaban J connectivity index is 1.31. The first kappa shape index (κ1) is 22.2. The lowest BCUT2D eigenvalue weighted by Gasteiger charge is -2.19. The third-order valence-corrected chi connectivity index (χ3v) is 5.78. The number of ether oxygens (including phenoxy) is 1. The first-order valence-electron chi connectivity index (χ1n) is 11.2. The lowest BCUT2D eigenvalue weighted by Crippen LogP contribution is -2.30. The van der Waals surface area contributed by atoms with Crippen LogP contribution in [0.3, 0.4) is 0 Å². The maximum atomic E-state index is 12.5. The predicted octanol–water partition coefficient (Wildman–Crippen LogP) is 2.89. The van der Waals surface area contributed by atoms with Crippen molar-refractivity contribution in [3.05, 3.63) is 71.2 Å². The van der Waals surface area contributed by atoms with Gasteiger partial charge in [0.1, 0.15) is 24.0 Å². The van der Waals surface area contributed by atoms with Crippen molar-refractivity contribution in [2.75, 3.05) is 20.2 Å². The van der Waals surface area contributed by atoms with E-state index in [1.54, 1.807) is 7.11 Å². The van der Waals surface area contributed by atoms with Crippen LogP contribution in [-0.2, 0) is 42.1 Å². The molecule has 1 aliphatic rings. The van der Waals surface area contributed by atoms with Crippen molar-refractivity contribution in [3.8, 4) is 0 Å². The molecule has 0 spiro atoms. The minimum absolute atomic E-state index is 0.0265. The molecule has 0 saturated heterocycles. The van der Waals surface area contributed by atoms with E-state index in [-0.39, 0.29) is 11.9 Å². The van der Waals surface area contributed by atoms with Gasteiger partial charge in [0, 0.05) is 39.6 Å². The van der Waals surface area contributed by atoms with Crippen molar-refractivity contribution in [1.82, 2.24) is 25.0 Å². The Bertz CT molecular complexity index is 1010. The fourth-order valence-corrected chi connectivity index (χ4v) is 4.10. The van der Waals surface area contributed by atoms with Gasteiger partial charge in [-0.25, -0.2) is 0 Å². The highest BCUT2D eigenvalue weighted by Crippen LogP contribution is 2.18. The van der Waals surface area contributed by atoms with Crippen molar-refractivity contribution in [3.63, 3.8) is 0 Å². The summed E-state index contributed by atoms with van der Waals surface area (Å²) in [7, 11) is 1.66. The van der Waals surface area contributed by atoms with E-state index in [0.717, 1.165) is 67.8 Å². The number of aryl methyl sites for hydroxylation is 1. The number of carbonyl (C=O) groups excluding carboxylic acids is 1. The highest BCUT2D eigenvalue weighted by Gasteiger charge is 2.23. The first-order valence-corrected chi connectivity index (χ1v) is 11.2. The Labute approximate surface area is 188 Å². The average molecular weight is 438 g/mol. The number of nitrogens with zero attached hydrogens (tertiary/aromatic N) is 4. The molecule has 1 atom stereocenters. The van der Waals surface area contributed by atoms with E-state index >= 15 is 0 Å². The van der Waals surface area contributed by atoms with Gasteiger partial charge in [-0.2, -0.15) is 0 Å². The lowest BCUT2D eigenvalue weighted by molar-refractivity contribution is -0.121. The van der Waals surface area contributed by atoms with E-state index in [1.165, 1.54) is 0 Å². The summed E-state index contributed by atoms with van der Waals surface area (Å²) >= 11 is 0. The number of rotatable bonds is 9. The summed E-state index contributed by atoms with van der Waals surface area (Å²) in [5.74, 6) is 3.59. The monoisotopic (exact) mass is 437 g/mol. The number of fused-ring (bicyclic) bond motifs is 1. The molecule has 0 aliphatic carbocycles. The van der Waals surface area contributed by atoms with Crippen LogP contribution in [0.4, 0.5) is 0 Å². The molecular weight excluding hydrogens is 406 g/mol. The average Bonchev–Trinajstić information content (AvgIpc) is 3.36. The molecule has 2 aromatic heterocycles. The molecule has 3 aromatic rings. The number of aromatic nitrogens is 3. The van der Waals surface area contributed by atoms with E-state index in [2.05, 4.69) is 25.0 Å². The molecule has 0 fully saturated rings. The first-order chi connectivity index (χ1) is 15.6. The minimum atomic E-state index is -0.187. The van der Waals surface area contributed by atoms with E-state index < -0.39 is 0 Å². The molecular formula is C24H31N5O3. The smallest absolute Gasteiger partial charge is 0.220 e. The standard InChI is InChI=1S/C24H31N5O3/c1-18(25-23(30)11-8-19-6-4-3-5-7-19)24-27-26-22-12-13-28(14-15-29(22)24)16-20-9-10-21(32-20)17-31-2/h3-7,9-10,18H,8,11-17H2,1-2H3,(H,25,30). The second-order valence-corrected chi connectivity index (χ2v) is 8.23. The predicted molar refractivity (Wildman–Crippen MR) is 120 cm³/mol. The lowest BCUT2D eigenvalue weighted by atomic mass is 10.1. The van der Waals surface area contributed by atoms with Crippen molar-refractivity contribution in [2.24, 2.45) is 0 Å². The fraction of sp³-hybridized carbons (Fsp3) is 0.458. The molecule has 0 bridgehead atoms. The van der Waals surface area contributed by atoms with Gasteiger partial charge in [0.25, 0.3) is 0 Å². The molecule has 1 N–H and O–H groups in total. The molecule has 1 amide bonds. The molecule has 8 heteroatoms. The molecule has 4 rings (SSSR count). The van der Waals surface area contributed by atoms with Crippen LogP contribution in [0.25, 0.3) is 0 Å². The highest BCUT2D eigenvalue weighted by molar-refractivity contribution is 5.76. The topological polar surface area (TPSA) is 85.4 Å². The zero-order chi connectivity index (χ0) is 22.3. The van der Waals surface area contributed by atoms with Crippen molar-refractivity contribution < 1.29 is 13.9 Å². The molecule has 1 aromatic carbocycles. The summed E-state index contributed by atoms with van der Waals surface area (Å²) in [5, 5.41) is 11.9. The van der Waals surface area contributed by atoms with Crippen LogP contribution in [0.15, 0.2) is 46.9 Å². The molecule has 1 unspecified atom stereocenters. The van der Waals surface area contributed by atoms with Crippen LogP contribution in [0.5, 0.6) is 0 Å². The van der Waals surface area contributed by atoms with E-state index in [4.69, 9.17) is 9.15 Å². The van der Waals surface area contributed by atoms with Crippen molar-refractivity contribution >= 4 is 5.91 Å². The Hall–Kier alpha value is -2.97. The van der Waals surface area contributed by atoms with Crippen molar-refractivity contribution in [2.45, 2.75) is 51.9 Å². The normalized spacial score (nSPS) is 15.2. The van der Waals surface area contributed by atoms with Gasteiger partial charge in [-0.05, 0) is 31.0 Å². The summed E-state index contributed by atoms with van der Waals surface area (Å²) in [6.45, 7) is 5.75. The zero-order valence-corrected chi connectivity index (χ0v) is 18.8. The maximum Gasteiger partial charge on any atom is 0.220 e. The summed E-state index contributed by atoms with van der Waals surface area (Å²) in [6.07, 6.45) is 2.00. The van der Waals surface area contributed by atoms with E-state index in [9.17, 15) is 4.79 Å². The Morgan fingerprint density at radius 1 is 1.12 bits per heavy atom. The fourth-order valence-electron chi connectivity index (χ4n) is 4.10. The summed E-state index contributed by atoms with van der Waals surface area (Å²) in [6, 6.07) is 13.8. The third kappa shape index (κ3) is 5.63. The quantitative estimate of drug-likeness (QED) is 0.554. The Morgan fingerprint density at radius 2 is 1.94 bits per heavy atom. The number of amides is 1. The van der Waals surface area contributed by atoms with Gasteiger partial charge in [-0.15, -0.1) is 10.2 Å². The van der Waals surface area contributed by atoms with E-state index in [0.29, 0.717) is 13.0 Å². The minimum Gasteiger partial charge on any atom is -0.462 e. The van der Waals surface area contributed by atoms with Gasteiger partial charge in [0.05, 0.1) is 12.6 Å². The number of benzene rings is 1. The van der Waals surface area contributed by atoms with Crippen LogP contribution in [0, 0.1) is 0 Å². The molecule has 170 valence electrons. The van der Waals surface area contributed by atoms with E-state index in [1.807, 2.05) is 49.4 Å². The number of nitrogens with one attached hydrogen (secondary N) is 1. The highest BCUT2D eigenvalue weighted by atomic mass is 16.5. The SMILES string of the molecule is COCc1ccc(CN2CCc3nnc(C(C)NC(=O)CCc4ccccc4)n3CC2)o1. The molecule has 32 heavy (non-hydrogen) atoms. The molecule has 8 nitrogen and oxygen atoms in total. The van der Waals surface area contributed by atoms with Crippen molar-refractivity contribution in [1.29, 1.82) is 0 Å². The largest absolute Gasteiger partial charge is 0.462 e. The molecule has 3 heterocycles. The second-order valence-electron chi connectivity index (χ2n) is 8.23. The van der Waals surface area contributed by atoms with Gasteiger partial charge < -0.3 is 19.0 Å². The Morgan fingerprint density at radius 3 is 2.75 bits per heavy atom. The number of hydrogen-bond donors (Lipinski definition) is 1. The van der Waals surface area contributed by atoms with Crippen LogP contribution >= 0.6 is 0 Å². The molecule has 0 radical (unpaired) electrons. The summed E-state index contributed by atoms with van der Waals surface area (Å²) in [5.41, 5.74) is 1.16. The number of methoxy groups -OCH3 is 1. The van der Waals surface area contributed by atoms with Gasteiger partial charge >= 0.3 is 0 Å².